The summed E-state index contributed by atoms with van der Waals surface area (Å²) in [5.41, 5.74) is 6.29. The first kappa shape index (κ1) is 13.9. The van der Waals surface area contributed by atoms with Crippen LogP contribution in [0, 0.1) is 0 Å². The molecule has 0 aromatic carbocycles. The maximum atomic E-state index is 5.75. The third-order valence-electron chi connectivity index (χ3n) is 2.84. The molecule has 0 spiro atoms. The number of nitrogens with two attached hydrogens (primary N) is 1. The van der Waals surface area contributed by atoms with Crippen molar-refractivity contribution in [3.8, 4) is 5.75 Å². The van der Waals surface area contributed by atoms with E-state index in [2.05, 4.69) is 23.7 Å². The molecule has 0 amide bonds. The molecule has 0 aliphatic carbocycles. The lowest BCUT2D eigenvalue weighted by Gasteiger charge is -2.32. The first-order valence-electron chi connectivity index (χ1n) is 5.38. The number of rotatable bonds is 5. The van der Waals surface area contributed by atoms with Gasteiger partial charge in [0, 0.05) is 11.7 Å². The van der Waals surface area contributed by atoms with Crippen molar-refractivity contribution in [3.63, 3.8) is 0 Å². The topological polar surface area (TPSA) is 51.4 Å². The van der Waals surface area contributed by atoms with Crippen LogP contribution in [0.3, 0.4) is 0 Å². The van der Waals surface area contributed by atoms with E-state index in [0.29, 0.717) is 17.3 Å². The third-order valence-corrected chi connectivity index (χ3v) is 3.06. The molecule has 0 saturated carbocycles. The number of nitrogens with zero attached hydrogens (tertiary/aromatic N) is 2. The number of likely N-dealkylation sites (N-methyl/N-ethyl adjacent to an activating group) is 1. The monoisotopic (exact) mass is 253 g/mol. The molecule has 1 heterocycles. The van der Waals surface area contributed by atoms with Gasteiger partial charge < -0.3 is 15.4 Å². The van der Waals surface area contributed by atoms with E-state index in [1.165, 1.54) is 0 Å². The van der Waals surface area contributed by atoms with Crippen molar-refractivity contribution in [2.24, 2.45) is 5.73 Å². The Hall–Kier alpha value is -1.20. The fourth-order valence-corrected chi connectivity index (χ4v) is 1.25. The van der Waals surface area contributed by atoms with Crippen molar-refractivity contribution in [1.29, 1.82) is 0 Å². The molecule has 0 atom stereocenters. The summed E-state index contributed by atoms with van der Waals surface area (Å²) in [6, 6.07) is 1.76. The Morgan fingerprint density at radius 2 is 2.18 bits per heavy atom. The summed E-state index contributed by atoms with van der Waals surface area (Å²) in [6.07, 6.45) is 3.29. The standard InChI is InChI=1S/C12H19N3OS/c1-12(2,15(3)4)8-16-10-7-14-6-5-9(10)11(13)17/h5-7H,8H2,1-4H3,(H2,13,17). The summed E-state index contributed by atoms with van der Waals surface area (Å²) in [7, 11) is 4.03. The molecule has 0 radical (unpaired) electrons. The number of hydrogen-bond donors (Lipinski definition) is 1. The molecule has 2 N–H and O–H groups in total. The summed E-state index contributed by atoms with van der Waals surface area (Å²) in [4.78, 5) is 6.44. The molecule has 1 aromatic rings. The number of hydrogen-bond acceptors (Lipinski definition) is 4. The largest absolute Gasteiger partial charge is 0.489 e. The number of pyridine rings is 1. The van der Waals surface area contributed by atoms with E-state index in [1.54, 1.807) is 18.5 Å². The fraction of sp³-hybridized carbons (Fsp3) is 0.500. The van der Waals surface area contributed by atoms with Crippen molar-refractivity contribution in [2.75, 3.05) is 20.7 Å². The second-order valence-electron chi connectivity index (χ2n) is 4.73. The Balaban J connectivity index is 2.79. The lowest BCUT2D eigenvalue weighted by molar-refractivity contribution is 0.113. The predicted octanol–water partition coefficient (Wildman–Crippen LogP) is 1.43. The third kappa shape index (κ3) is 3.64. The zero-order valence-electron chi connectivity index (χ0n) is 10.7. The highest BCUT2D eigenvalue weighted by atomic mass is 32.1. The average molecular weight is 253 g/mol. The van der Waals surface area contributed by atoms with Gasteiger partial charge in [-0.25, -0.2) is 0 Å². The Morgan fingerprint density at radius 3 is 2.71 bits per heavy atom. The molecule has 4 nitrogen and oxygen atoms in total. The zero-order valence-corrected chi connectivity index (χ0v) is 11.5. The Bertz CT molecular complexity index is 404. The van der Waals surface area contributed by atoms with Crippen molar-refractivity contribution in [3.05, 3.63) is 24.0 Å². The van der Waals surface area contributed by atoms with Crippen LogP contribution in [-0.2, 0) is 0 Å². The number of ether oxygens (including phenoxy) is 1. The van der Waals surface area contributed by atoms with Gasteiger partial charge in [-0.1, -0.05) is 12.2 Å². The minimum Gasteiger partial charge on any atom is -0.489 e. The Labute approximate surface area is 108 Å². The van der Waals surface area contributed by atoms with Crippen LogP contribution in [0.5, 0.6) is 5.75 Å². The van der Waals surface area contributed by atoms with Crippen molar-refractivity contribution in [2.45, 2.75) is 19.4 Å². The quantitative estimate of drug-likeness (QED) is 0.805. The number of thiocarbonyl (C=S) groups is 1. The van der Waals surface area contributed by atoms with Crippen LogP contribution in [0.15, 0.2) is 18.5 Å². The van der Waals surface area contributed by atoms with Gasteiger partial charge in [0.05, 0.1) is 11.8 Å². The maximum absolute atomic E-state index is 5.75. The summed E-state index contributed by atoms with van der Waals surface area (Å²) >= 11 is 4.97. The molecule has 94 valence electrons. The first-order chi connectivity index (χ1) is 7.84. The summed E-state index contributed by atoms with van der Waals surface area (Å²) < 4.78 is 5.75. The molecule has 17 heavy (non-hydrogen) atoms. The van der Waals surface area contributed by atoms with Crippen LogP contribution in [0.1, 0.15) is 19.4 Å². The minimum atomic E-state index is -0.0661. The molecular weight excluding hydrogens is 234 g/mol. The maximum Gasteiger partial charge on any atom is 0.147 e. The summed E-state index contributed by atoms with van der Waals surface area (Å²) in [5.74, 6) is 0.634. The highest BCUT2D eigenvalue weighted by Gasteiger charge is 2.22. The van der Waals surface area contributed by atoms with Gasteiger partial charge in [0.15, 0.2) is 0 Å². The van der Waals surface area contributed by atoms with Gasteiger partial charge in [0.2, 0.25) is 0 Å². The van der Waals surface area contributed by atoms with Gasteiger partial charge in [-0.05, 0) is 34.0 Å². The van der Waals surface area contributed by atoms with E-state index < -0.39 is 0 Å². The van der Waals surface area contributed by atoms with Gasteiger partial charge in [0.1, 0.15) is 17.3 Å². The zero-order chi connectivity index (χ0) is 13.1. The molecule has 0 bridgehead atoms. The molecule has 0 saturated heterocycles. The van der Waals surface area contributed by atoms with Gasteiger partial charge >= 0.3 is 0 Å². The van der Waals surface area contributed by atoms with Gasteiger partial charge in [-0.15, -0.1) is 0 Å². The predicted molar refractivity (Wildman–Crippen MR) is 73.4 cm³/mol. The first-order valence-corrected chi connectivity index (χ1v) is 5.79. The van der Waals surface area contributed by atoms with Crippen LogP contribution >= 0.6 is 12.2 Å². The van der Waals surface area contributed by atoms with Crippen LogP contribution in [0.25, 0.3) is 0 Å². The summed E-state index contributed by atoms with van der Waals surface area (Å²) in [6.45, 7) is 4.74. The van der Waals surface area contributed by atoms with Crippen LogP contribution in [-0.4, -0.2) is 41.1 Å². The second kappa shape index (κ2) is 5.42. The summed E-state index contributed by atoms with van der Waals surface area (Å²) in [5, 5.41) is 0. The lowest BCUT2D eigenvalue weighted by atomic mass is 10.1. The Morgan fingerprint density at radius 1 is 1.53 bits per heavy atom. The molecular formula is C12H19N3OS. The molecule has 0 fully saturated rings. The average Bonchev–Trinajstić information content (AvgIpc) is 2.26. The minimum absolute atomic E-state index is 0.0661. The number of aromatic nitrogens is 1. The van der Waals surface area contributed by atoms with E-state index in [-0.39, 0.29) is 5.54 Å². The van der Waals surface area contributed by atoms with Crippen LogP contribution in [0.4, 0.5) is 0 Å². The molecule has 5 heteroatoms. The molecule has 1 aromatic heterocycles. The molecule has 1 rings (SSSR count). The molecule has 0 aliphatic rings. The van der Waals surface area contributed by atoms with Crippen LogP contribution < -0.4 is 10.5 Å². The lowest BCUT2D eigenvalue weighted by Crippen LogP contribution is -2.43. The van der Waals surface area contributed by atoms with E-state index in [1.807, 2.05) is 14.1 Å². The second-order valence-corrected chi connectivity index (χ2v) is 5.17. The Kier molecular flexibility index (Phi) is 4.42. The van der Waals surface area contributed by atoms with E-state index in [4.69, 9.17) is 22.7 Å². The normalized spacial score (nSPS) is 11.6. The SMILES string of the molecule is CN(C)C(C)(C)COc1cnccc1C(N)=S. The van der Waals surface area contributed by atoms with Crippen molar-refractivity contribution in [1.82, 2.24) is 9.88 Å². The van der Waals surface area contributed by atoms with E-state index >= 15 is 0 Å². The van der Waals surface area contributed by atoms with E-state index in [0.717, 1.165) is 5.56 Å². The smallest absolute Gasteiger partial charge is 0.147 e. The fourth-order valence-electron chi connectivity index (χ4n) is 1.08. The highest BCUT2D eigenvalue weighted by Crippen LogP contribution is 2.19. The van der Waals surface area contributed by atoms with Gasteiger partial charge in [0.25, 0.3) is 0 Å². The molecule has 0 aliphatic heterocycles. The van der Waals surface area contributed by atoms with E-state index in [9.17, 15) is 0 Å². The highest BCUT2D eigenvalue weighted by molar-refractivity contribution is 7.80. The molecule has 0 unspecified atom stereocenters. The van der Waals surface area contributed by atoms with Gasteiger partial charge in [-0.2, -0.15) is 0 Å². The van der Waals surface area contributed by atoms with Crippen LogP contribution in [0.2, 0.25) is 0 Å². The van der Waals surface area contributed by atoms with Gasteiger partial charge in [-0.3, -0.25) is 4.98 Å². The van der Waals surface area contributed by atoms with Crippen molar-refractivity contribution < 1.29 is 4.74 Å². The van der Waals surface area contributed by atoms with Crippen molar-refractivity contribution >= 4 is 17.2 Å².